The number of hydrogen-bond donors (Lipinski definition) is 1. The summed E-state index contributed by atoms with van der Waals surface area (Å²) in [4.78, 5) is 10.6. The third-order valence-corrected chi connectivity index (χ3v) is 3.88. The summed E-state index contributed by atoms with van der Waals surface area (Å²) in [7, 11) is 0. The Bertz CT molecular complexity index is 417. The van der Waals surface area contributed by atoms with Gasteiger partial charge in [0, 0.05) is 16.2 Å². The monoisotopic (exact) mass is 346 g/mol. The van der Waals surface area contributed by atoms with Gasteiger partial charge in [0.05, 0.1) is 4.92 Å². The van der Waals surface area contributed by atoms with Crippen LogP contribution in [0.2, 0.25) is 0 Å². The average molecular weight is 346 g/mol. The summed E-state index contributed by atoms with van der Waals surface area (Å²) in [5, 5.41) is 14.2. The summed E-state index contributed by atoms with van der Waals surface area (Å²) in [6.07, 6.45) is 5.07. The fraction of sp³-hybridized carbons (Fsp3) is 0.500. The summed E-state index contributed by atoms with van der Waals surface area (Å²) < 4.78 is 0.890. The minimum absolute atomic E-state index is 0.176. The first-order valence-corrected chi connectivity index (χ1v) is 6.92. The van der Waals surface area contributed by atoms with Crippen LogP contribution in [0.3, 0.4) is 0 Å². The lowest BCUT2D eigenvalue weighted by atomic mass is 10.1. The molecule has 1 aliphatic carbocycles. The lowest BCUT2D eigenvalue weighted by molar-refractivity contribution is -0.384. The van der Waals surface area contributed by atoms with Crippen molar-refractivity contribution in [1.29, 1.82) is 0 Å². The van der Waals surface area contributed by atoms with Gasteiger partial charge in [0.2, 0.25) is 0 Å². The van der Waals surface area contributed by atoms with Gasteiger partial charge in [-0.15, -0.1) is 0 Å². The molecule has 0 unspecified atom stereocenters. The minimum Gasteiger partial charge on any atom is -0.379 e. The molecular formula is C12H15IN2O2. The smallest absolute Gasteiger partial charge is 0.293 e. The Hall–Kier alpha value is -0.850. The molecule has 1 fully saturated rings. The van der Waals surface area contributed by atoms with Crippen molar-refractivity contribution >= 4 is 34.0 Å². The van der Waals surface area contributed by atoms with Crippen LogP contribution in [0.15, 0.2) is 18.2 Å². The van der Waals surface area contributed by atoms with E-state index in [0.29, 0.717) is 11.6 Å². The van der Waals surface area contributed by atoms with E-state index in [1.807, 2.05) is 6.07 Å². The standard InChI is InChI=1S/C12H15IN2O2/c13-10-5-6-11(12(7-10)15(16)17)14-8-9-3-1-2-4-9/h5-7,9,14H,1-4,8H2. The molecule has 4 nitrogen and oxygen atoms in total. The van der Waals surface area contributed by atoms with Crippen LogP contribution in [-0.2, 0) is 0 Å². The summed E-state index contributed by atoms with van der Waals surface area (Å²) in [5.41, 5.74) is 0.817. The van der Waals surface area contributed by atoms with Gasteiger partial charge in [0.1, 0.15) is 5.69 Å². The van der Waals surface area contributed by atoms with Gasteiger partial charge in [-0.2, -0.15) is 0 Å². The Morgan fingerprint density at radius 2 is 2.12 bits per heavy atom. The SMILES string of the molecule is O=[N+]([O-])c1cc(I)ccc1NCC1CCCC1. The Labute approximate surface area is 114 Å². The second-order valence-corrected chi connectivity index (χ2v) is 5.70. The van der Waals surface area contributed by atoms with Crippen LogP contribution in [0, 0.1) is 19.6 Å². The predicted molar refractivity (Wildman–Crippen MR) is 76.3 cm³/mol. The van der Waals surface area contributed by atoms with Crippen molar-refractivity contribution in [2.24, 2.45) is 5.92 Å². The van der Waals surface area contributed by atoms with E-state index in [1.165, 1.54) is 25.7 Å². The fourth-order valence-corrected chi connectivity index (χ4v) is 2.75. The van der Waals surface area contributed by atoms with Crippen LogP contribution in [0.4, 0.5) is 11.4 Å². The Morgan fingerprint density at radius 3 is 2.76 bits per heavy atom. The molecule has 5 heteroatoms. The Morgan fingerprint density at radius 1 is 1.41 bits per heavy atom. The molecule has 92 valence electrons. The van der Waals surface area contributed by atoms with Gasteiger partial charge in [-0.25, -0.2) is 0 Å². The zero-order valence-electron chi connectivity index (χ0n) is 9.49. The molecule has 0 spiro atoms. The van der Waals surface area contributed by atoms with Crippen LogP contribution in [-0.4, -0.2) is 11.5 Å². The van der Waals surface area contributed by atoms with E-state index in [1.54, 1.807) is 12.1 Å². The largest absolute Gasteiger partial charge is 0.379 e. The molecule has 1 aromatic rings. The number of rotatable bonds is 4. The number of hydrogen-bond acceptors (Lipinski definition) is 3. The lowest BCUT2D eigenvalue weighted by Gasteiger charge is -2.12. The molecule has 0 amide bonds. The normalized spacial score (nSPS) is 16.1. The fourth-order valence-electron chi connectivity index (χ4n) is 2.27. The van der Waals surface area contributed by atoms with E-state index >= 15 is 0 Å². The maximum atomic E-state index is 10.9. The van der Waals surface area contributed by atoms with Crippen molar-refractivity contribution < 1.29 is 4.92 Å². The van der Waals surface area contributed by atoms with E-state index in [0.717, 1.165) is 10.1 Å². The van der Waals surface area contributed by atoms with Gasteiger partial charge in [0.25, 0.3) is 5.69 Å². The molecule has 1 N–H and O–H groups in total. The lowest BCUT2D eigenvalue weighted by Crippen LogP contribution is -2.12. The number of halogens is 1. The molecule has 2 rings (SSSR count). The quantitative estimate of drug-likeness (QED) is 0.513. The van der Waals surface area contributed by atoms with Gasteiger partial charge >= 0.3 is 0 Å². The molecule has 0 aliphatic heterocycles. The van der Waals surface area contributed by atoms with E-state index < -0.39 is 0 Å². The highest BCUT2D eigenvalue weighted by atomic mass is 127. The van der Waals surface area contributed by atoms with E-state index in [4.69, 9.17) is 0 Å². The zero-order chi connectivity index (χ0) is 12.3. The zero-order valence-corrected chi connectivity index (χ0v) is 11.6. The van der Waals surface area contributed by atoms with Crippen LogP contribution >= 0.6 is 22.6 Å². The number of nitrogens with one attached hydrogen (secondary N) is 1. The molecular weight excluding hydrogens is 331 g/mol. The highest BCUT2D eigenvalue weighted by Gasteiger charge is 2.18. The molecule has 1 aliphatic rings. The van der Waals surface area contributed by atoms with Crippen LogP contribution in [0.5, 0.6) is 0 Å². The maximum Gasteiger partial charge on any atom is 0.293 e. The summed E-state index contributed by atoms with van der Waals surface area (Å²) in [6, 6.07) is 5.30. The summed E-state index contributed by atoms with van der Waals surface area (Å²) >= 11 is 2.09. The van der Waals surface area contributed by atoms with Gasteiger partial charge in [-0.3, -0.25) is 10.1 Å². The van der Waals surface area contributed by atoms with Gasteiger partial charge in [0.15, 0.2) is 0 Å². The van der Waals surface area contributed by atoms with Crippen molar-refractivity contribution in [3.8, 4) is 0 Å². The number of nitro groups is 1. The van der Waals surface area contributed by atoms with Crippen LogP contribution in [0.1, 0.15) is 25.7 Å². The number of nitrogens with zero attached hydrogens (tertiary/aromatic N) is 1. The van der Waals surface area contributed by atoms with E-state index in [-0.39, 0.29) is 10.6 Å². The molecule has 0 atom stereocenters. The molecule has 0 heterocycles. The molecule has 0 aromatic heterocycles. The third kappa shape index (κ3) is 3.31. The molecule has 0 radical (unpaired) electrons. The average Bonchev–Trinajstić information content (AvgIpc) is 2.80. The molecule has 1 aromatic carbocycles. The first-order chi connectivity index (χ1) is 8.16. The maximum absolute atomic E-state index is 10.9. The van der Waals surface area contributed by atoms with Crippen molar-refractivity contribution in [1.82, 2.24) is 0 Å². The topological polar surface area (TPSA) is 55.2 Å². The molecule has 17 heavy (non-hydrogen) atoms. The second kappa shape index (κ2) is 5.66. The number of benzene rings is 1. The number of anilines is 1. The van der Waals surface area contributed by atoms with Gasteiger partial charge < -0.3 is 5.32 Å². The Kier molecular flexibility index (Phi) is 4.20. The van der Waals surface area contributed by atoms with E-state index in [9.17, 15) is 10.1 Å². The summed E-state index contributed by atoms with van der Waals surface area (Å²) in [5.74, 6) is 0.675. The first kappa shape index (κ1) is 12.6. The second-order valence-electron chi connectivity index (χ2n) is 4.45. The highest BCUT2D eigenvalue weighted by molar-refractivity contribution is 14.1. The number of nitro benzene ring substituents is 1. The van der Waals surface area contributed by atoms with Crippen molar-refractivity contribution in [2.45, 2.75) is 25.7 Å². The van der Waals surface area contributed by atoms with Crippen LogP contribution in [0.25, 0.3) is 0 Å². The first-order valence-electron chi connectivity index (χ1n) is 5.84. The molecule has 1 saturated carbocycles. The predicted octanol–water partition coefficient (Wildman–Crippen LogP) is 3.80. The third-order valence-electron chi connectivity index (χ3n) is 3.21. The van der Waals surface area contributed by atoms with Gasteiger partial charge in [-0.05, 0) is 53.5 Å². The van der Waals surface area contributed by atoms with Crippen molar-refractivity contribution in [3.63, 3.8) is 0 Å². The molecule has 0 bridgehead atoms. The van der Waals surface area contributed by atoms with Gasteiger partial charge in [-0.1, -0.05) is 12.8 Å². The Balaban J connectivity index is 2.06. The minimum atomic E-state index is -0.320. The van der Waals surface area contributed by atoms with Crippen LogP contribution < -0.4 is 5.32 Å². The van der Waals surface area contributed by atoms with Crippen molar-refractivity contribution in [3.05, 3.63) is 31.9 Å². The highest BCUT2D eigenvalue weighted by Crippen LogP contribution is 2.29. The van der Waals surface area contributed by atoms with E-state index in [2.05, 4.69) is 27.9 Å². The molecule has 0 saturated heterocycles. The summed E-state index contributed by atoms with van der Waals surface area (Å²) in [6.45, 7) is 0.849. The van der Waals surface area contributed by atoms with Crippen molar-refractivity contribution in [2.75, 3.05) is 11.9 Å².